The van der Waals surface area contributed by atoms with Crippen molar-refractivity contribution in [2.45, 2.75) is 6.42 Å². The summed E-state index contributed by atoms with van der Waals surface area (Å²) in [5, 5.41) is 17.7. The minimum atomic E-state index is -1.72. The second-order valence-electron chi connectivity index (χ2n) is 3.76. The van der Waals surface area contributed by atoms with Crippen molar-refractivity contribution in [1.82, 2.24) is 4.90 Å². The Morgan fingerprint density at radius 1 is 1.38 bits per heavy atom. The number of halogens is 1. The van der Waals surface area contributed by atoms with E-state index >= 15 is 0 Å². The first-order valence-electron chi connectivity index (χ1n) is 5.04. The van der Waals surface area contributed by atoms with Gasteiger partial charge >= 0.3 is 7.12 Å². The van der Waals surface area contributed by atoms with E-state index in [1.807, 2.05) is 0 Å². The SMILES string of the molecule is O=C(c1ccc(B(O)O)cc1F)N1CCC1. The Morgan fingerprint density at radius 3 is 2.50 bits per heavy atom. The summed E-state index contributed by atoms with van der Waals surface area (Å²) < 4.78 is 13.5. The van der Waals surface area contributed by atoms with Gasteiger partial charge in [0.25, 0.3) is 5.91 Å². The molecule has 2 N–H and O–H groups in total. The van der Waals surface area contributed by atoms with Crippen LogP contribution in [0.15, 0.2) is 18.2 Å². The van der Waals surface area contributed by atoms with Crippen LogP contribution in [0.1, 0.15) is 16.8 Å². The van der Waals surface area contributed by atoms with Crippen LogP contribution in [0, 0.1) is 5.82 Å². The molecule has 1 saturated heterocycles. The highest BCUT2D eigenvalue weighted by Crippen LogP contribution is 2.14. The van der Waals surface area contributed by atoms with E-state index in [0.29, 0.717) is 13.1 Å². The third-order valence-corrected chi connectivity index (χ3v) is 2.66. The van der Waals surface area contributed by atoms with Gasteiger partial charge in [-0.15, -0.1) is 0 Å². The maximum absolute atomic E-state index is 13.5. The molecule has 0 spiro atoms. The molecule has 0 atom stereocenters. The van der Waals surface area contributed by atoms with Crippen molar-refractivity contribution in [3.8, 4) is 0 Å². The molecule has 1 heterocycles. The molecule has 0 bridgehead atoms. The molecular formula is C10H11BFNO3. The first-order valence-corrected chi connectivity index (χ1v) is 5.04. The van der Waals surface area contributed by atoms with Crippen LogP contribution in [0.3, 0.4) is 0 Å². The van der Waals surface area contributed by atoms with Crippen molar-refractivity contribution in [3.05, 3.63) is 29.6 Å². The molecule has 1 fully saturated rings. The predicted octanol–water partition coefficient (Wildman–Crippen LogP) is -0.649. The fourth-order valence-corrected chi connectivity index (χ4v) is 1.56. The lowest BCUT2D eigenvalue weighted by Gasteiger charge is -2.31. The summed E-state index contributed by atoms with van der Waals surface area (Å²) in [6.07, 6.45) is 0.945. The molecular weight excluding hydrogens is 212 g/mol. The average Bonchev–Trinajstić information content (AvgIpc) is 2.14. The Labute approximate surface area is 92.5 Å². The monoisotopic (exact) mass is 223 g/mol. The van der Waals surface area contributed by atoms with E-state index in [4.69, 9.17) is 10.0 Å². The highest BCUT2D eigenvalue weighted by atomic mass is 19.1. The normalized spacial score (nSPS) is 14.6. The van der Waals surface area contributed by atoms with Gasteiger partial charge in [-0.2, -0.15) is 0 Å². The fraction of sp³-hybridized carbons (Fsp3) is 0.300. The minimum Gasteiger partial charge on any atom is -0.423 e. The molecule has 0 saturated carbocycles. The lowest BCUT2D eigenvalue weighted by Crippen LogP contribution is -2.42. The third kappa shape index (κ3) is 1.94. The van der Waals surface area contributed by atoms with E-state index in [0.717, 1.165) is 12.5 Å². The summed E-state index contributed by atoms with van der Waals surface area (Å²) in [7, 11) is -1.72. The Morgan fingerprint density at radius 2 is 2.06 bits per heavy atom. The summed E-state index contributed by atoms with van der Waals surface area (Å²) in [5.74, 6) is -1.06. The van der Waals surface area contributed by atoms with E-state index < -0.39 is 12.9 Å². The molecule has 84 valence electrons. The van der Waals surface area contributed by atoms with Crippen LogP contribution < -0.4 is 5.46 Å². The summed E-state index contributed by atoms with van der Waals surface area (Å²) in [5.41, 5.74) is 0.0155. The smallest absolute Gasteiger partial charge is 0.423 e. The van der Waals surface area contributed by atoms with E-state index in [2.05, 4.69) is 0 Å². The molecule has 1 aromatic rings. The largest absolute Gasteiger partial charge is 0.488 e. The van der Waals surface area contributed by atoms with Crippen LogP contribution in [0.2, 0.25) is 0 Å². The number of carbonyl (C=O) groups is 1. The molecule has 2 rings (SSSR count). The van der Waals surface area contributed by atoms with Gasteiger partial charge in [0.05, 0.1) is 5.56 Å². The van der Waals surface area contributed by atoms with Gasteiger partial charge in [-0.05, 0) is 24.0 Å². The van der Waals surface area contributed by atoms with Gasteiger partial charge in [0, 0.05) is 13.1 Å². The lowest BCUT2D eigenvalue weighted by molar-refractivity contribution is 0.0647. The minimum absolute atomic E-state index is 0.0240. The number of benzene rings is 1. The topological polar surface area (TPSA) is 60.8 Å². The molecule has 4 nitrogen and oxygen atoms in total. The van der Waals surface area contributed by atoms with Gasteiger partial charge in [-0.1, -0.05) is 6.07 Å². The first-order chi connectivity index (χ1) is 7.59. The zero-order valence-corrected chi connectivity index (χ0v) is 8.56. The second-order valence-corrected chi connectivity index (χ2v) is 3.76. The third-order valence-electron chi connectivity index (χ3n) is 2.66. The van der Waals surface area contributed by atoms with Gasteiger partial charge in [0.1, 0.15) is 5.82 Å². The Kier molecular flexibility index (Phi) is 2.94. The first kappa shape index (κ1) is 11.1. The van der Waals surface area contributed by atoms with Crippen molar-refractivity contribution in [2.75, 3.05) is 13.1 Å². The Hall–Kier alpha value is -1.40. The highest BCUT2D eigenvalue weighted by Gasteiger charge is 2.24. The summed E-state index contributed by atoms with van der Waals surface area (Å²) in [4.78, 5) is 13.2. The molecule has 16 heavy (non-hydrogen) atoms. The summed E-state index contributed by atoms with van der Waals surface area (Å²) in [6.45, 7) is 1.31. The van der Waals surface area contributed by atoms with Crippen LogP contribution in [-0.2, 0) is 0 Å². The van der Waals surface area contributed by atoms with E-state index in [1.54, 1.807) is 4.90 Å². The standard InChI is InChI=1S/C10H11BFNO3/c12-9-6-7(11(15)16)2-3-8(9)10(14)13-4-1-5-13/h2-3,6,15-16H,1,4-5H2. The average molecular weight is 223 g/mol. The van der Waals surface area contributed by atoms with E-state index in [9.17, 15) is 9.18 Å². The van der Waals surface area contributed by atoms with Crippen molar-refractivity contribution < 1.29 is 19.2 Å². The second kappa shape index (κ2) is 4.23. The molecule has 0 radical (unpaired) electrons. The zero-order chi connectivity index (χ0) is 11.7. The maximum Gasteiger partial charge on any atom is 0.488 e. The van der Waals surface area contributed by atoms with Crippen LogP contribution in [0.25, 0.3) is 0 Å². The summed E-state index contributed by atoms with van der Waals surface area (Å²) in [6, 6.07) is 3.59. The number of hydrogen-bond donors (Lipinski definition) is 2. The van der Waals surface area contributed by atoms with E-state index in [1.165, 1.54) is 12.1 Å². The number of likely N-dealkylation sites (tertiary alicyclic amines) is 1. The summed E-state index contributed by atoms with van der Waals surface area (Å²) >= 11 is 0. The van der Waals surface area contributed by atoms with Gasteiger partial charge in [0.15, 0.2) is 0 Å². The molecule has 0 aromatic heterocycles. The number of hydrogen-bond acceptors (Lipinski definition) is 3. The molecule has 0 aliphatic carbocycles. The number of amides is 1. The Bertz CT molecular complexity index is 421. The van der Waals surface area contributed by atoms with Crippen molar-refractivity contribution in [1.29, 1.82) is 0 Å². The molecule has 1 aliphatic rings. The predicted molar refractivity (Wildman–Crippen MR) is 56.7 cm³/mol. The Balaban J connectivity index is 2.24. The van der Waals surface area contributed by atoms with Crippen molar-refractivity contribution in [2.24, 2.45) is 0 Å². The van der Waals surface area contributed by atoms with Gasteiger partial charge in [-0.3, -0.25) is 4.79 Å². The van der Waals surface area contributed by atoms with Crippen LogP contribution >= 0.6 is 0 Å². The van der Waals surface area contributed by atoms with Gasteiger partial charge in [0.2, 0.25) is 0 Å². The van der Waals surface area contributed by atoms with Crippen molar-refractivity contribution in [3.63, 3.8) is 0 Å². The highest BCUT2D eigenvalue weighted by molar-refractivity contribution is 6.58. The lowest BCUT2D eigenvalue weighted by atomic mass is 9.80. The zero-order valence-electron chi connectivity index (χ0n) is 8.56. The molecule has 1 aromatic carbocycles. The molecule has 0 unspecified atom stereocenters. The molecule has 6 heteroatoms. The maximum atomic E-state index is 13.5. The van der Waals surface area contributed by atoms with E-state index in [-0.39, 0.29) is 16.9 Å². The van der Waals surface area contributed by atoms with Gasteiger partial charge in [-0.25, -0.2) is 4.39 Å². The quantitative estimate of drug-likeness (QED) is 0.655. The van der Waals surface area contributed by atoms with Crippen LogP contribution in [-0.4, -0.2) is 41.1 Å². The fourth-order valence-electron chi connectivity index (χ4n) is 1.56. The van der Waals surface area contributed by atoms with Crippen LogP contribution in [0.4, 0.5) is 4.39 Å². The van der Waals surface area contributed by atoms with Crippen molar-refractivity contribution >= 4 is 18.5 Å². The molecule has 1 aliphatic heterocycles. The number of nitrogens with zero attached hydrogens (tertiary/aromatic N) is 1. The number of carbonyl (C=O) groups excluding carboxylic acids is 1. The van der Waals surface area contributed by atoms with Gasteiger partial charge < -0.3 is 14.9 Å². The number of rotatable bonds is 2. The molecule has 1 amide bonds. The van der Waals surface area contributed by atoms with Crippen LogP contribution in [0.5, 0.6) is 0 Å².